The molecule has 0 spiro atoms. The normalized spacial score (nSPS) is 15.4. The van der Waals surface area contributed by atoms with Crippen LogP contribution in [0.5, 0.6) is 0 Å². The van der Waals surface area contributed by atoms with Crippen molar-refractivity contribution in [3.05, 3.63) is 24.3 Å². The summed E-state index contributed by atoms with van der Waals surface area (Å²) < 4.78 is 1.42. The first-order valence-corrected chi connectivity index (χ1v) is 15.4. The molecule has 0 bridgehead atoms. The Kier molecular flexibility index (Phi) is 8.48. The minimum absolute atomic E-state index is 0.155. The molecular weight excluding hydrogens is 438 g/mol. The van der Waals surface area contributed by atoms with Crippen molar-refractivity contribution in [3.8, 4) is 0 Å². The molecular formula is C14H17AsCl2N2O2S2. The van der Waals surface area contributed by atoms with Gasteiger partial charge in [0.25, 0.3) is 0 Å². The van der Waals surface area contributed by atoms with Gasteiger partial charge in [0.05, 0.1) is 0 Å². The summed E-state index contributed by atoms with van der Waals surface area (Å²) in [4.78, 5) is 21.9. The van der Waals surface area contributed by atoms with Crippen molar-refractivity contribution in [3.63, 3.8) is 0 Å². The number of carbonyl (C=O) groups is 2. The second-order valence-electron chi connectivity index (χ2n) is 4.71. The third kappa shape index (κ3) is 6.79. The van der Waals surface area contributed by atoms with E-state index in [2.05, 4.69) is 42.8 Å². The Balaban J connectivity index is 1.76. The molecule has 1 aromatic carbocycles. The van der Waals surface area contributed by atoms with E-state index in [1.807, 2.05) is 12.1 Å². The third-order valence-corrected chi connectivity index (χ3v) is 17.0. The second-order valence-corrected chi connectivity index (χ2v) is 17.6. The number of anilines is 1. The van der Waals surface area contributed by atoms with Gasteiger partial charge in [0, 0.05) is 0 Å². The van der Waals surface area contributed by atoms with E-state index >= 15 is 0 Å². The number of benzene rings is 1. The van der Waals surface area contributed by atoms with Crippen molar-refractivity contribution in [1.82, 2.24) is 5.32 Å². The van der Waals surface area contributed by atoms with Crippen LogP contribution in [0.1, 0.15) is 12.8 Å². The van der Waals surface area contributed by atoms with Gasteiger partial charge in [0.1, 0.15) is 0 Å². The fourth-order valence-electron chi connectivity index (χ4n) is 1.81. The van der Waals surface area contributed by atoms with Crippen molar-refractivity contribution < 1.29 is 9.59 Å². The summed E-state index contributed by atoms with van der Waals surface area (Å²) in [5.41, 5.74) is 0.777. The van der Waals surface area contributed by atoms with Gasteiger partial charge in [-0.25, -0.2) is 0 Å². The molecule has 0 aromatic heterocycles. The number of rotatable bonds is 6. The van der Waals surface area contributed by atoms with E-state index < -0.39 is 23.1 Å². The predicted octanol–water partition coefficient (Wildman–Crippen LogP) is 2.50. The topological polar surface area (TPSA) is 58.2 Å². The van der Waals surface area contributed by atoms with Gasteiger partial charge in [-0.05, 0) is 0 Å². The molecule has 0 unspecified atom stereocenters. The van der Waals surface area contributed by atoms with E-state index in [-0.39, 0.29) is 18.9 Å². The third-order valence-electron chi connectivity index (χ3n) is 2.92. The summed E-state index contributed by atoms with van der Waals surface area (Å²) >= 11 is 9.81. The zero-order chi connectivity index (χ0) is 16.7. The summed E-state index contributed by atoms with van der Waals surface area (Å²) in [7, 11) is 4.22. The summed E-state index contributed by atoms with van der Waals surface area (Å²) in [5, 5.41) is 5.31. The Hall–Kier alpha value is -0.00156. The summed E-state index contributed by atoms with van der Waals surface area (Å²) in [6.07, 6.45) is 1.48. The van der Waals surface area contributed by atoms with Crippen LogP contribution in [0.15, 0.2) is 24.3 Å². The van der Waals surface area contributed by atoms with Crippen LogP contribution in [0, 0.1) is 0 Å². The maximum absolute atomic E-state index is 11.8. The van der Waals surface area contributed by atoms with E-state index in [4.69, 9.17) is 23.2 Å². The second kappa shape index (κ2) is 10.1. The van der Waals surface area contributed by atoms with Crippen molar-refractivity contribution in [2.45, 2.75) is 17.7 Å². The molecule has 0 atom stereocenters. The molecule has 0 aliphatic carbocycles. The quantitative estimate of drug-likeness (QED) is 0.512. The van der Waals surface area contributed by atoms with E-state index in [1.165, 1.54) is 22.3 Å². The Bertz CT molecular complexity index is 540. The van der Waals surface area contributed by atoms with E-state index in [0.29, 0.717) is 0 Å². The molecule has 1 saturated heterocycles. The number of halogens is 2. The number of alkyl halides is 2. The van der Waals surface area contributed by atoms with Crippen LogP contribution < -0.4 is 15.0 Å². The van der Waals surface area contributed by atoms with Crippen LogP contribution in [-0.2, 0) is 9.59 Å². The van der Waals surface area contributed by atoms with Crippen LogP contribution in [0.3, 0.4) is 0 Å². The van der Waals surface area contributed by atoms with Gasteiger partial charge in [-0.1, -0.05) is 0 Å². The predicted molar refractivity (Wildman–Crippen MR) is 103 cm³/mol. The standard InChI is InChI=1S/C14H17AsCl2N2O2S2/c16-13(17)14(21)18-7-6-12(20)19-11-4-2-10(3-5-11)15-22-8-1-9-23-15/h2-5,13H,1,6-9H2,(H,18,21)(H,19,20). The molecule has 9 heteroatoms. The monoisotopic (exact) mass is 454 g/mol. The van der Waals surface area contributed by atoms with Gasteiger partial charge in [-0.3, -0.25) is 0 Å². The van der Waals surface area contributed by atoms with E-state index in [9.17, 15) is 9.59 Å². The van der Waals surface area contributed by atoms with Crippen LogP contribution in [0.4, 0.5) is 5.69 Å². The summed E-state index contributed by atoms with van der Waals surface area (Å²) in [6, 6.07) is 8.14. The molecule has 1 aromatic rings. The Morgan fingerprint density at radius 2 is 1.83 bits per heavy atom. The van der Waals surface area contributed by atoms with Crippen LogP contribution >= 0.6 is 43.3 Å². The average molecular weight is 455 g/mol. The SMILES string of the molecule is O=C(CCNC(=O)C(Cl)Cl)Nc1ccc([As]2SCCCS2)cc1. The summed E-state index contributed by atoms with van der Waals surface area (Å²) in [5.74, 6) is 1.89. The molecule has 4 nitrogen and oxygen atoms in total. The molecule has 0 saturated carbocycles. The molecule has 1 heterocycles. The number of hydrogen-bond acceptors (Lipinski definition) is 4. The Morgan fingerprint density at radius 3 is 2.43 bits per heavy atom. The maximum atomic E-state index is 11.8. The average Bonchev–Trinajstić information content (AvgIpc) is 2.56. The minimum atomic E-state index is -1.11. The fourth-order valence-corrected chi connectivity index (χ4v) is 15.0. The number of carbonyl (C=O) groups excluding carboxylic acids is 2. The van der Waals surface area contributed by atoms with Gasteiger partial charge in [0.2, 0.25) is 0 Å². The van der Waals surface area contributed by atoms with Gasteiger partial charge >= 0.3 is 158 Å². The molecule has 2 amide bonds. The molecule has 1 fully saturated rings. The Morgan fingerprint density at radius 1 is 1.17 bits per heavy atom. The zero-order valence-corrected chi connectivity index (χ0v) is 17.3. The Labute approximate surface area is 157 Å². The number of nitrogens with one attached hydrogen (secondary N) is 2. The van der Waals surface area contributed by atoms with Crippen molar-refractivity contribution in [1.29, 1.82) is 0 Å². The van der Waals surface area contributed by atoms with Gasteiger partial charge in [-0.2, -0.15) is 0 Å². The molecule has 23 heavy (non-hydrogen) atoms. The van der Waals surface area contributed by atoms with Gasteiger partial charge < -0.3 is 0 Å². The van der Waals surface area contributed by atoms with Gasteiger partial charge in [-0.15, -0.1) is 0 Å². The first-order valence-electron chi connectivity index (χ1n) is 7.08. The van der Waals surface area contributed by atoms with Crippen LogP contribution in [0.2, 0.25) is 0 Å². The molecule has 2 N–H and O–H groups in total. The van der Waals surface area contributed by atoms with Crippen molar-refractivity contribution in [2.24, 2.45) is 0 Å². The van der Waals surface area contributed by atoms with E-state index in [1.54, 1.807) is 0 Å². The van der Waals surface area contributed by atoms with Crippen LogP contribution in [0.25, 0.3) is 0 Å². The zero-order valence-electron chi connectivity index (χ0n) is 12.3. The first-order chi connectivity index (χ1) is 11.1. The molecule has 0 radical (unpaired) electrons. The van der Waals surface area contributed by atoms with Crippen molar-refractivity contribution in [2.75, 3.05) is 23.4 Å². The fraction of sp³-hybridized carbons (Fsp3) is 0.429. The molecule has 1 aliphatic rings. The first kappa shape index (κ1) is 19.3. The summed E-state index contributed by atoms with van der Waals surface area (Å²) in [6.45, 7) is 0.210. The molecule has 2 rings (SSSR count). The van der Waals surface area contributed by atoms with E-state index in [0.717, 1.165) is 5.69 Å². The molecule has 126 valence electrons. The number of amides is 2. The molecule has 1 aliphatic heterocycles. The number of hydrogen-bond donors (Lipinski definition) is 2. The van der Waals surface area contributed by atoms with Crippen molar-refractivity contribution >= 4 is 77.4 Å². The van der Waals surface area contributed by atoms with Gasteiger partial charge in [0.15, 0.2) is 0 Å². The van der Waals surface area contributed by atoms with Crippen LogP contribution in [-0.4, -0.2) is 47.0 Å².